The predicted octanol–water partition coefficient (Wildman–Crippen LogP) is 4.03. The van der Waals surface area contributed by atoms with Crippen molar-refractivity contribution in [3.8, 4) is 11.3 Å². The molecule has 0 bridgehead atoms. The third-order valence-corrected chi connectivity index (χ3v) is 6.72. The second kappa shape index (κ2) is 8.40. The Morgan fingerprint density at radius 2 is 1.84 bits per heavy atom. The molecule has 1 saturated heterocycles. The van der Waals surface area contributed by atoms with Crippen LogP contribution in [-0.4, -0.2) is 53.1 Å². The van der Waals surface area contributed by atoms with Crippen LogP contribution in [0.4, 0.5) is 5.82 Å². The molecule has 1 aromatic carbocycles. The first-order valence-electron chi connectivity index (χ1n) is 11.0. The first-order valence-corrected chi connectivity index (χ1v) is 11.0. The molecule has 162 valence electrons. The van der Waals surface area contributed by atoms with E-state index in [-0.39, 0.29) is 11.8 Å². The fraction of sp³-hybridized carbons (Fsp3) is 0.458. The molecule has 7 nitrogen and oxygen atoms in total. The molecule has 2 fully saturated rings. The number of pyridine rings is 1. The molecular weight excluding hydrogens is 392 g/mol. The fourth-order valence-corrected chi connectivity index (χ4v) is 4.59. The van der Waals surface area contributed by atoms with Crippen LogP contribution in [-0.2, 0) is 9.53 Å². The maximum atomic E-state index is 12.9. The molecule has 3 heterocycles. The molecule has 0 unspecified atom stereocenters. The number of benzene rings is 1. The van der Waals surface area contributed by atoms with Gasteiger partial charge in [0.05, 0.1) is 25.5 Å². The maximum Gasteiger partial charge on any atom is 0.228 e. The van der Waals surface area contributed by atoms with Gasteiger partial charge in [0.1, 0.15) is 5.82 Å². The average molecular weight is 421 g/mol. The van der Waals surface area contributed by atoms with Crippen molar-refractivity contribution in [2.24, 2.45) is 5.92 Å². The summed E-state index contributed by atoms with van der Waals surface area (Å²) in [5, 5.41) is 5.06. The number of amides is 1. The summed E-state index contributed by atoms with van der Waals surface area (Å²) in [4.78, 5) is 23.9. The van der Waals surface area contributed by atoms with Gasteiger partial charge in [-0.25, -0.2) is 9.97 Å². The minimum atomic E-state index is 0.0447. The average Bonchev–Trinajstić information content (AvgIpc) is 3.18. The van der Waals surface area contributed by atoms with E-state index in [1.54, 1.807) is 12.4 Å². The zero-order chi connectivity index (χ0) is 21.4. The molecule has 1 N–H and O–H groups in total. The lowest BCUT2D eigenvalue weighted by Crippen LogP contribution is -2.52. The van der Waals surface area contributed by atoms with Crippen LogP contribution < -0.4 is 5.32 Å². The number of hydrogen-bond acceptors (Lipinski definition) is 6. The molecule has 7 heteroatoms. The van der Waals surface area contributed by atoms with Gasteiger partial charge in [-0.2, -0.15) is 0 Å². The van der Waals surface area contributed by atoms with Crippen LogP contribution in [0.15, 0.2) is 41.1 Å². The van der Waals surface area contributed by atoms with Crippen molar-refractivity contribution >= 4 is 22.5 Å². The van der Waals surface area contributed by atoms with Gasteiger partial charge >= 0.3 is 0 Å². The number of rotatable bonds is 5. The van der Waals surface area contributed by atoms with E-state index in [1.165, 1.54) is 0 Å². The van der Waals surface area contributed by atoms with Gasteiger partial charge in [0.2, 0.25) is 5.91 Å². The number of nitrogens with zero attached hydrogens (tertiary/aromatic N) is 3. The number of likely N-dealkylation sites (N-methyl/N-ethyl adjacent to an activating group) is 1. The Hall–Kier alpha value is -2.77. The van der Waals surface area contributed by atoms with Crippen LogP contribution in [0.3, 0.4) is 0 Å². The van der Waals surface area contributed by atoms with Crippen molar-refractivity contribution in [1.29, 1.82) is 0 Å². The Morgan fingerprint density at radius 1 is 1.03 bits per heavy atom. The Labute approximate surface area is 181 Å². The van der Waals surface area contributed by atoms with Crippen molar-refractivity contribution in [2.75, 3.05) is 25.6 Å². The normalized spacial score (nSPS) is 21.9. The number of aryl methyl sites for hydroxylation is 1. The van der Waals surface area contributed by atoms with Crippen LogP contribution in [0.5, 0.6) is 0 Å². The molecule has 1 aliphatic heterocycles. The number of hydrogen-bond donors (Lipinski definition) is 1. The fourth-order valence-electron chi connectivity index (χ4n) is 4.59. The summed E-state index contributed by atoms with van der Waals surface area (Å²) in [6, 6.07) is 9.06. The zero-order valence-corrected chi connectivity index (χ0v) is 18.0. The van der Waals surface area contributed by atoms with E-state index in [0.29, 0.717) is 23.8 Å². The highest BCUT2D eigenvalue weighted by Gasteiger charge is 2.33. The number of anilines is 1. The maximum absolute atomic E-state index is 12.9. The molecule has 5 rings (SSSR count). The van der Waals surface area contributed by atoms with Gasteiger partial charge < -0.3 is 14.5 Å². The molecule has 3 aromatic rings. The van der Waals surface area contributed by atoms with Gasteiger partial charge in [-0.15, -0.1) is 0 Å². The van der Waals surface area contributed by atoms with Gasteiger partial charge in [-0.05, 0) is 50.2 Å². The molecule has 1 amide bonds. The summed E-state index contributed by atoms with van der Waals surface area (Å²) in [7, 11) is 2.19. The summed E-state index contributed by atoms with van der Waals surface area (Å²) in [6.45, 7) is 3.50. The second-order valence-electron chi connectivity index (χ2n) is 8.73. The molecule has 0 spiro atoms. The molecule has 0 atom stereocenters. The smallest absolute Gasteiger partial charge is 0.228 e. The Kier molecular flexibility index (Phi) is 5.46. The van der Waals surface area contributed by atoms with E-state index in [0.717, 1.165) is 61.0 Å². The van der Waals surface area contributed by atoms with E-state index in [4.69, 9.17) is 9.15 Å². The molecular formula is C24H28N4O3. The molecule has 31 heavy (non-hydrogen) atoms. The standard InChI is InChI=1S/C24H28N4O3/c1-15-25-12-22(31-15)17-3-4-18-11-26-23(10-19(18)9-17)27-24(29)16-5-7-20(8-6-16)28(2)21-13-30-14-21/h3-4,9-12,16,20-21H,5-8,13-14H2,1-2H3,(H,26,27,29). The summed E-state index contributed by atoms with van der Waals surface area (Å²) in [5.41, 5.74) is 0.955. The van der Waals surface area contributed by atoms with Crippen LogP contribution in [0.2, 0.25) is 0 Å². The van der Waals surface area contributed by atoms with Crippen molar-refractivity contribution in [1.82, 2.24) is 14.9 Å². The topological polar surface area (TPSA) is 80.5 Å². The summed E-state index contributed by atoms with van der Waals surface area (Å²) >= 11 is 0. The van der Waals surface area contributed by atoms with Crippen LogP contribution >= 0.6 is 0 Å². The van der Waals surface area contributed by atoms with Gasteiger partial charge in [0.15, 0.2) is 11.7 Å². The van der Waals surface area contributed by atoms with Gasteiger partial charge in [0, 0.05) is 36.0 Å². The van der Waals surface area contributed by atoms with E-state index < -0.39 is 0 Å². The van der Waals surface area contributed by atoms with E-state index in [1.807, 2.05) is 31.2 Å². The molecule has 2 aliphatic rings. The molecule has 1 saturated carbocycles. The monoisotopic (exact) mass is 420 g/mol. The highest BCUT2D eigenvalue weighted by atomic mass is 16.5. The van der Waals surface area contributed by atoms with Crippen LogP contribution in [0, 0.1) is 12.8 Å². The number of fused-ring (bicyclic) bond motifs is 1. The van der Waals surface area contributed by atoms with Crippen LogP contribution in [0.25, 0.3) is 22.1 Å². The second-order valence-corrected chi connectivity index (χ2v) is 8.73. The Balaban J connectivity index is 1.24. The number of aromatic nitrogens is 2. The van der Waals surface area contributed by atoms with Gasteiger partial charge in [-0.1, -0.05) is 12.1 Å². The summed E-state index contributed by atoms with van der Waals surface area (Å²) in [5.74, 6) is 2.08. The number of carbonyl (C=O) groups is 1. The number of oxazole rings is 1. The van der Waals surface area contributed by atoms with Crippen LogP contribution in [0.1, 0.15) is 31.6 Å². The highest BCUT2D eigenvalue weighted by molar-refractivity contribution is 5.94. The van der Waals surface area contributed by atoms with E-state index in [9.17, 15) is 4.79 Å². The highest BCUT2D eigenvalue weighted by Crippen LogP contribution is 2.30. The third-order valence-electron chi connectivity index (χ3n) is 6.72. The quantitative estimate of drug-likeness (QED) is 0.671. The molecule has 0 radical (unpaired) electrons. The van der Waals surface area contributed by atoms with Crippen molar-refractivity contribution < 1.29 is 13.9 Å². The Bertz CT molecular complexity index is 1080. The van der Waals surface area contributed by atoms with E-state index >= 15 is 0 Å². The van der Waals surface area contributed by atoms with Gasteiger partial charge in [0.25, 0.3) is 0 Å². The Morgan fingerprint density at radius 3 is 2.52 bits per heavy atom. The SMILES string of the molecule is Cc1ncc(-c2ccc3cnc(NC(=O)C4CCC(N(C)C5COC5)CC4)cc3c2)o1. The predicted molar refractivity (Wildman–Crippen MR) is 119 cm³/mol. The zero-order valence-electron chi connectivity index (χ0n) is 18.0. The summed E-state index contributed by atoms with van der Waals surface area (Å²) in [6.07, 6.45) is 7.46. The molecule has 1 aliphatic carbocycles. The van der Waals surface area contributed by atoms with E-state index in [2.05, 4.69) is 27.2 Å². The number of carbonyl (C=O) groups excluding carboxylic acids is 1. The number of ether oxygens (including phenoxy) is 1. The minimum Gasteiger partial charge on any atom is -0.441 e. The van der Waals surface area contributed by atoms with Crippen molar-refractivity contribution in [3.63, 3.8) is 0 Å². The first kappa shape index (κ1) is 20.2. The lowest BCUT2D eigenvalue weighted by Gasteiger charge is -2.42. The van der Waals surface area contributed by atoms with Gasteiger partial charge in [-0.3, -0.25) is 9.69 Å². The summed E-state index contributed by atoms with van der Waals surface area (Å²) < 4.78 is 11.0. The van der Waals surface area contributed by atoms with Crippen molar-refractivity contribution in [2.45, 2.75) is 44.7 Å². The largest absolute Gasteiger partial charge is 0.441 e. The lowest BCUT2D eigenvalue weighted by molar-refractivity contribution is -0.121. The van der Waals surface area contributed by atoms with Crippen molar-refractivity contribution in [3.05, 3.63) is 42.5 Å². The third kappa shape index (κ3) is 4.20. The minimum absolute atomic E-state index is 0.0447. The molecule has 2 aromatic heterocycles. The first-order chi connectivity index (χ1) is 15.1. The lowest BCUT2D eigenvalue weighted by atomic mass is 9.84. The number of nitrogens with one attached hydrogen (secondary N) is 1.